The van der Waals surface area contributed by atoms with Gasteiger partial charge in [-0.2, -0.15) is 0 Å². The highest BCUT2D eigenvalue weighted by molar-refractivity contribution is 5.00. The lowest BCUT2D eigenvalue weighted by Gasteiger charge is -2.45. The zero-order chi connectivity index (χ0) is 10.9. The Morgan fingerprint density at radius 3 is 2.53 bits per heavy atom. The molecule has 1 aliphatic heterocycles. The maximum absolute atomic E-state index is 3.84. The van der Waals surface area contributed by atoms with E-state index in [1.165, 1.54) is 45.2 Å². The first-order valence-electron chi connectivity index (χ1n) is 6.57. The lowest BCUT2D eigenvalue weighted by atomic mass is 9.90. The maximum atomic E-state index is 3.84. The molecule has 1 heterocycles. The van der Waals surface area contributed by atoms with Crippen LogP contribution in [0.5, 0.6) is 0 Å². The molecular formula is C13H26N2. The fourth-order valence-electron chi connectivity index (χ4n) is 3.35. The van der Waals surface area contributed by atoms with Gasteiger partial charge in [0.2, 0.25) is 0 Å². The van der Waals surface area contributed by atoms with Gasteiger partial charge in [-0.05, 0) is 32.2 Å². The van der Waals surface area contributed by atoms with Gasteiger partial charge in [0.1, 0.15) is 0 Å². The van der Waals surface area contributed by atoms with Gasteiger partial charge in [0.15, 0.2) is 0 Å². The number of hydrogen-bond donors (Lipinski definition) is 1. The first kappa shape index (κ1) is 11.4. The summed E-state index contributed by atoms with van der Waals surface area (Å²) in [6, 6.07) is 0.760. The zero-order valence-corrected chi connectivity index (χ0v) is 10.6. The van der Waals surface area contributed by atoms with Crippen LogP contribution in [0.2, 0.25) is 0 Å². The molecule has 2 rings (SSSR count). The van der Waals surface area contributed by atoms with Crippen LogP contribution in [0, 0.1) is 5.92 Å². The third kappa shape index (κ3) is 2.54. The molecule has 1 aliphatic carbocycles. The molecule has 2 nitrogen and oxygen atoms in total. The molecule has 1 atom stereocenters. The van der Waals surface area contributed by atoms with Crippen LogP contribution in [0.3, 0.4) is 0 Å². The quantitative estimate of drug-likeness (QED) is 0.752. The fraction of sp³-hybridized carbons (Fsp3) is 1.00. The van der Waals surface area contributed by atoms with Crippen molar-refractivity contribution in [3.8, 4) is 0 Å². The summed E-state index contributed by atoms with van der Waals surface area (Å²) in [5, 5.41) is 3.84. The molecule has 0 aromatic rings. The highest BCUT2D eigenvalue weighted by atomic mass is 15.2. The lowest BCUT2D eigenvalue weighted by Crippen LogP contribution is -2.62. The highest BCUT2D eigenvalue weighted by Crippen LogP contribution is 2.33. The van der Waals surface area contributed by atoms with Crippen molar-refractivity contribution in [2.24, 2.45) is 5.92 Å². The van der Waals surface area contributed by atoms with Crippen molar-refractivity contribution in [3.63, 3.8) is 0 Å². The van der Waals surface area contributed by atoms with E-state index in [0.29, 0.717) is 5.54 Å². The Balaban J connectivity index is 1.90. The summed E-state index contributed by atoms with van der Waals surface area (Å²) in [5.41, 5.74) is 0.488. The number of nitrogens with zero attached hydrogens (tertiary/aromatic N) is 1. The topological polar surface area (TPSA) is 15.3 Å². The molecule has 2 fully saturated rings. The molecule has 0 amide bonds. The van der Waals surface area contributed by atoms with Gasteiger partial charge < -0.3 is 10.2 Å². The normalized spacial score (nSPS) is 31.6. The van der Waals surface area contributed by atoms with E-state index in [0.717, 1.165) is 12.0 Å². The van der Waals surface area contributed by atoms with Crippen molar-refractivity contribution in [2.45, 2.75) is 57.5 Å². The minimum Gasteiger partial charge on any atom is -0.308 e. The third-order valence-corrected chi connectivity index (χ3v) is 4.19. The van der Waals surface area contributed by atoms with E-state index in [-0.39, 0.29) is 0 Å². The average Bonchev–Trinajstić information content (AvgIpc) is 2.59. The highest BCUT2D eigenvalue weighted by Gasteiger charge is 2.39. The smallest absolute Gasteiger partial charge is 0.0309 e. The molecular weight excluding hydrogens is 184 g/mol. The second kappa shape index (κ2) is 4.42. The number of likely N-dealkylation sites (N-methyl/N-ethyl adjacent to an activating group) is 1. The molecule has 0 aromatic heterocycles. The second-order valence-corrected chi connectivity index (χ2v) is 6.07. The Morgan fingerprint density at radius 2 is 2.00 bits per heavy atom. The van der Waals surface area contributed by atoms with Crippen molar-refractivity contribution in [1.82, 2.24) is 10.2 Å². The van der Waals surface area contributed by atoms with Gasteiger partial charge in [0.25, 0.3) is 0 Å². The Kier molecular flexibility index (Phi) is 3.36. The van der Waals surface area contributed by atoms with Gasteiger partial charge in [0.05, 0.1) is 0 Å². The maximum Gasteiger partial charge on any atom is 0.0309 e. The summed E-state index contributed by atoms with van der Waals surface area (Å²) in [6.45, 7) is 7.13. The second-order valence-electron chi connectivity index (χ2n) is 6.07. The van der Waals surface area contributed by atoms with Crippen molar-refractivity contribution in [2.75, 3.05) is 20.1 Å². The zero-order valence-electron chi connectivity index (χ0n) is 10.6. The van der Waals surface area contributed by atoms with Crippen LogP contribution in [0.4, 0.5) is 0 Å². The molecule has 1 N–H and O–H groups in total. The minimum absolute atomic E-state index is 0.488. The van der Waals surface area contributed by atoms with Crippen LogP contribution in [-0.2, 0) is 0 Å². The first-order valence-corrected chi connectivity index (χ1v) is 6.57. The summed E-state index contributed by atoms with van der Waals surface area (Å²) in [5.74, 6) is 0.817. The molecule has 1 spiro atoms. The van der Waals surface area contributed by atoms with Crippen molar-refractivity contribution < 1.29 is 0 Å². The van der Waals surface area contributed by atoms with Crippen molar-refractivity contribution in [1.29, 1.82) is 0 Å². The summed E-state index contributed by atoms with van der Waals surface area (Å²) >= 11 is 0. The van der Waals surface area contributed by atoms with Gasteiger partial charge in [0, 0.05) is 24.7 Å². The Labute approximate surface area is 94.4 Å². The lowest BCUT2D eigenvalue weighted by molar-refractivity contribution is 0.0932. The number of nitrogens with one attached hydrogen (secondary N) is 1. The predicted molar refractivity (Wildman–Crippen MR) is 65.1 cm³/mol. The van der Waals surface area contributed by atoms with Gasteiger partial charge in [-0.1, -0.05) is 26.7 Å². The molecule has 1 unspecified atom stereocenters. The summed E-state index contributed by atoms with van der Waals surface area (Å²) in [4.78, 5) is 2.60. The van der Waals surface area contributed by atoms with Crippen LogP contribution < -0.4 is 5.32 Å². The van der Waals surface area contributed by atoms with Crippen LogP contribution in [0.15, 0.2) is 0 Å². The molecule has 0 bridgehead atoms. The molecule has 1 saturated carbocycles. The average molecular weight is 210 g/mol. The monoisotopic (exact) mass is 210 g/mol. The van der Waals surface area contributed by atoms with Gasteiger partial charge in [-0.15, -0.1) is 0 Å². The summed E-state index contributed by atoms with van der Waals surface area (Å²) in [7, 11) is 2.31. The third-order valence-electron chi connectivity index (χ3n) is 4.19. The Hall–Kier alpha value is -0.0800. The minimum atomic E-state index is 0.488. The van der Waals surface area contributed by atoms with Crippen molar-refractivity contribution in [3.05, 3.63) is 0 Å². The number of rotatable bonds is 2. The summed E-state index contributed by atoms with van der Waals surface area (Å²) < 4.78 is 0. The van der Waals surface area contributed by atoms with Crippen LogP contribution in [0.1, 0.15) is 46.0 Å². The van der Waals surface area contributed by atoms with Crippen LogP contribution in [0.25, 0.3) is 0 Å². The molecule has 2 aliphatic rings. The summed E-state index contributed by atoms with van der Waals surface area (Å²) in [6.07, 6.45) is 6.97. The van der Waals surface area contributed by atoms with E-state index in [2.05, 4.69) is 31.1 Å². The molecule has 88 valence electrons. The van der Waals surface area contributed by atoms with E-state index >= 15 is 0 Å². The van der Waals surface area contributed by atoms with Gasteiger partial charge >= 0.3 is 0 Å². The van der Waals surface area contributed by atoms with Gasteiger partial charge in [-0.3, -0.25) is 0 Å². The number of piperazine rings is 1. The Morgan fingerprint density at radius 1 is 1.33 bits per heavy atom. The van der Waals surface area contributed by atoms with E-state index in [9.17, 15) is 0 Å². The largest absolute Gasteiger partial charge is 0.308 e. The van der Waals surface area contributed by atoms with Crippen LogP contribution in [-0.4, -0.2) is 36.6 Å². The predicted octanol–water partition coefficient (Wildman–Crippen LogP) is 2.25. The van der Waals surface area contributed by atoms with E-state index in [1.54, 1.807) is 0 Å². The molecule has 15 heavy (non-hydrogen) atoms. The number of hydrogen-bond acceptors (Lipinski definition) is 2. The molecule has 1 saturated heterocycles. The van der Waals surface area contributed by atoms with Crippen LogP contribution >= 0.6 is 0 Å². The van der Waals surface area contributed by atoms with E-state index in [1.807, 2.05) is 0 Å². The first-order chi connectivity index (χ1) is 7.11. The molecule has 2 heteroatoms. The standard InChI is InChI=1S/C13H26N2/c1-11(2)8-12-9-14-13(10-15(12)3)6-4-5-7-13/h11-12,14H,4-10H2,1-3H3. The Bertz CT molecular complexity index is 207. The molecule has 0 radical (unpaired) electrons. The van der Waals surface area contributed by atoms with E-state index in [4.69, 9.17) is 0 Å². The van der Waals surface area contributed by atoms with Crippen molar-refractivity contribution >= 4 is 0 Å². The van der Waals surface area contributed by atoms with Gasteiger partial charge in [-0.25, -0.2) is 0 Å². The molecule has 0 aromatic carbocycles. The van der Waals surface area contributed by atoms with E-state index < -0.39 is 0 Å². The fourth-order valence-corrected chi connectivity index (χ4v) is 3.35. The SMILES string of the molecule is CC(C)CC1CNC2(CCCC2)CN1C.